The van der Waals surface area contributed by atoms with Crippen LogP contribution in [0.3, 0.4) is 0 Å². The van der Waals surface area contributed by atoms with Crippen LogP contribution in [0.1, 0.15) is 9.80 Å². The highest BCUT2D eigenvalue weighted by Crippen LogP contribution is 2.23. The first kappa shape index (κ1) is 11.6. The number of fused-ring (bicyclic) bond motifs is 1. The maximum absolute atomic E-state index is 10.9. The molecule has 0 aliphatic heterocycles. The summed E-state index contributed by atoms with van der Waals surface area (Å²) in [6.07, 6.45) is 0. The summed E-state index contributed by atoms with van der Waals surface area (Å²) >= 11 is 0.983. The minimum absolute atomic E-state index is 0.0142. The van der Waals surface area contributed by atoms with Crippen molar-refractivity contribution in [2.24, 2.45) is 0 Å². The van der Waals surface area contributed by atoms with Gasteiger partial charge in [-0.2, -0.15) is 4.52 Å². The van der Waals surface area contributed by atoms with Crippen molar-refractivity contribution in [1.29, 1.82) is 0 Å². The molecular formula is C11H8N4O3S. The average Bonchev–Trinajstić information content (AvgIpc) is 2.98. The Bertz CT molecular complexity index is 747. The summed E-state index contributed by atoms with van der Waals surface area (Å²) < 4.78 is 6.50. The van der Waals surface area contributed by atoms with Crippen LogP contribution in [-0.2, 0) is 0 Å². The number of rotatable bonds is 3. The molecule has 0 bridgehead atoms. The van der Waals surface area contributed by atoms with Crippen LogP contribution in [0.4, 0.5) is 0 Å². The van der Waals surface area contributed by atoms with Crippen molar-refractivity contribution >= 4 is 22.3 Å². The summed E-state index contributed by atoms with van der Waals surface area (Å²) in [6, 6.07) is 7.21. The number of nitrogens with zero attached hydrogens (tertiary/aromatic N) is 4. The summed E-state index contributed by atoms with van der Waals surface area (Å²) in [7, 11) is 1.59. The van der Waals surface area contributed by atoms with Gasteiger partial charge in [0.1, 0.15) is 5.75 Å². The Kier molecular flexibility index (Phi) is 2.64. The molecular weight excluding hydrogens is 268 g/mol. The second-order valence-corrected chi connectivity index (χ2v) is 4.61. The second-order valence-electron chi connectivity index (χ2n) is 3.66. The van der Waals surface area contributed by atoms with Crippen molar-refractivity contribution < 1.29 is 14.6 Å². The van der Waals surface area contributed by atoms with Gasteiger partial charge >= 0.3 is 5.97 Å². The third kappa shape index (κ3) is 1.91. The van der Waals surface area contributed by atoms with Crippen LogP contribution in [0.5, 0.6) is 5.75 Å². The summed E-state index contributed by atoms with van der Waals surface area (Å²) in [5.74, 6) is 0.159. The molecule has 0 unspecified atom stereocenters. The maximum Gasteiger partial charge on any atom is 0.367 e. The third-order valence-electron chi connectivity index (χ3n) is 2.52. The maximum atomic E-state index is 10.9. The Morgan fingerprint density at radius 2 is 2.05 bits per heavy atom. The van der Waals surface area contributed by atoms with Gasteiger partial charge in [0.15, 0.2) is 5.82 Å². The van der Waals surface area contributed by atoms with Gasteiger partial charge in [0.25, 0.3) is 0 Å². The van der Waals surface area contributed by atoms with Crippen molar-refractivity contribution in [2.75, 3.05) is 7.11 Å². The second kappa shape index (κ2) is 4.32. The van der Waals surface area contributed by atoms with E-state index in [4.69, 9.17) is 9.84 Å². The molecule has 0 aliphatic rings. The molecule has 8 heteroatoms. The Balaban J connectivity index is 2.10. The molecule has 0 aliphatic carbocycles. The Morgan fingerprint density at radius 1 is 1.32 bits per heavy atom. The molecule has 0 atom stereocenters. The lowest BCUT2D eigenvalue weighted by molar-refractivity contribution is 0.0695. The van der Waals surface area contributed by atoms with E-state index in [1.807, 2.05) is 12.1 Å². The molecule has 0 amide bonds. The number of methoxy groups -OCH3 is 1. The molecule has 0 saturated carbocycles. The largest absolute Gasteiger partial charge is 0.497 e. The van der Waals surface area contributed by atoms with Crippen LogP contribution in [0.15, 0.2) is 24.3 Å². The van der Waals surface area contributed by atoms with Gasteiger partial charge in [0.05, 0.1) is 7.11 Å². The number of benzene rings is 1. The van der Waals surface area contributed by atoms with Crippen molar-refractivity contribution in [2.45, 2.75) is 0 Å². The van der Waals surface area contributed by atoms with E-state index in [1.54, 1.807) is 19.2 Å². The quantitative estimate of drug-likeness (QED) is 0.780. The zero-order valence-electron chi connectivity index (χ0n) is 9.77. The van der Waals surface area contributed by atoms with Gasteiger partial charge in [-0.1, -0.05) is 11.3 Å². The standard InChI is InChI=1S/C11H8N4O3S/c1-18-7-4-2-6(3-5-7)8-12-13-11-15(8)14-9(19-11)10(16)17/h2-5H,1H3,(H,16,17). The molecule has 0 saturated heterocycles. The molecule has 0 radical (unpaired) electrons. The summed E-state index contributed by atoms with van der Waals surface area (Å²) in [4.78, 5) is 11.3. The molecule has 2 aromatic heterocycles. The first-order valence-corrected chi connectivity index (χ1v) is 6.10. The molecule has 7 nitrogen and oxygen atoms in total. The first-order chi connectivity index (χ1) is 9.19. The van der Waals surface area contributed by atoms with E-state index in [-0.39, 0.29) is 5.01 Å². The van der Waals surface area contributed by atoms with Crippen LogP contribution >= 0.6 is 11.3 Å². The lowest BCUT2D eigenvalue weighted by Gasteiger charge is -2.00. The first-order valence-electron chi connectivity index (χ1n) is 5.29. The summed E-state index contributed by atoms with van der Waals surface area (Å²) in [5.41, 5.74) is 0.788. The number of aromatic nitrogens is 4. The Hall–Kier alpha value is -2.48. The third-order valence-corrected chi connectivity index (χ3v) is 3.41. The summed E-state index contributed by atoms with van der Waals surface area (Å²) in [5, 5.41) is 20.8. The highest BCUT2D eigenvalue weighted by Gasteiger charge is 2.16. The monoisotopic (exact) mass is 276 g/mol. The number of carbonyl (C=O) groups is 1. The SMILES string of the molecule is COc1ccc(-c2nnc3sc(C(=O)O)nn23)cc1. The number of hydrogen-bond donors (Lipinski definition) is 1. The Morgan fingerprint density at radius 3 is 2.68 bits per heavy atom. The number of carboxylic acids is 1. The molecule has 3 rings (SSSR count). The van der Waals surface area contributed by atoms with Gasteiger partial charge < -0.3 is 9.84 Å². The minimum Gasteiger partial charge on any atom is -0.497 e. The van der Waals surface area contributed by atoms with Crippen molar-refractivity contribution in [3.63, 3.8) is 0 Å². The number of ether oxygens (including phenoxy) is 1. The van der Waals surface area contributed by atoms with E-state index in [9.17, 15) is 4.79 Å². The van der Waals surface area contributed by atoms with Gasteiger partial charge in [-0.15, -0.1) is 15.3 Å². The molecule has 3 aromatic rings. The highest BCUT2D eigenvalue weighted by atomic mass is 32.1. The van der Waals surface area contributed by atoms with E-state index in [1.165, 1.54) is 4.52 Å². The predicted octanol–water partition coefficient (Wildman–Crippen LogP) is 1.56. The van der Waals surface area contributed by atoms with E-state index in [0.717, 1.165) is 22.6 Å². The van der Waals surface area contributed by atoms with Crippen LogP contribution in [0, 0.1) is 0 Å². The summed E-state index contributed by atoms with van der Waals surface area (Å²) in [6.45, 7) is 0. The zero-order valence-corrected chi connectivity index (χ0v) is 10.6. The minimum atomic E-state index is -1.07. The lowest BCUT2D eigenvalue weighted by Crippen LogP contribution is -1.98. The van der Waals surface area contributed by atoms with Gasteiger partial charge in [-0.05, 0) is 24.3 Å². The van der Waals surface area contributed by atoms with Gasteiger partial charge in [-0.25, -0.2) is 4.79 Å². The molecule has 96 valence electrons. The number of aromatic carboxylic acids is 1. The molecule has 19 heavy (non-hydrogen) atoms. The predicted molar refractivity (Wildman–Crippen MR) is 67.6 cm³/mol. The number of carboxylic acid groups (broad SMARTS) is 1. The highest BCUT2D eigenvalue weighted by molar-refractivity contribution is 7.18. The topological polar surface area (TPSA) is 89.6 Å². The van der Waals surface area contributed by atoms with Crippen molar-refractivity contribution in [3.8, 4) is 17.1 Å². The van der Waals surface area contributed by atoms with Crippen LogP contribution in [0.2, 0.25) is 0 Å². The van der Waals surface area contributed by atoms with Crippen molar-refractivity contribution in [1.82, 2.24) is 19.8 Å². The molecule has 0 fully saturated rings. The van der Waals surface area contributed by atoms with Crippen molar-refractivity contribution in [3.05, 3.63) is 29.3 Å². The number of hydrogen-bond acceptors (Lipinski definition) is 6. The van der Waals surface area contributed by atoms with Gasteiger partial charge in [-0.3, -0.25) is 0 Å². The van der Waals surface area contributed by atoms with E-state index in [2.05, 4.69) is 15.3 Å². The molecule has 1 N–H and O–H groups in total. The fourth-order valence-electron chi connectivity index (χ4n) is 1.62. The van der Waals surface area contributed by atoms with Gasteiger partial charge in [0, 0.05) is 5.56 Å². The molecule has 0 spiro atoms. The fraction of sp³-hybridized carbons (Fsp3) is 0.0909. The van der Waals surface area contributed by atoms with Gasteiger partial charge in [0.2, 0.25) is 9.97 Å². The van der Waals surface area contributed by atoms with Crippen LogP contribution < -0.4 is 4.74 Å². The average molecular weight is 276 g/mol. The smallest absolute Gasteiger partial charge is 0.367 e. The molecule has 2 heterocycles. The van der Waals surface area contributed by atoms with E-state index >= 15 is 0 Å². The van der Waals surface area contributed by atoms with Crippen LogP contribution in [0.25, 0.3) is 16.3 Å². The Labute approximate surface area is 111 Å². The zero-order chi connectivity index (χ0) is 13.4. The van der Waals surface area contributed by atoms with Crippen LogP contribution in [-0.4, -0.2) is 38.0 Å². The van der Waals surface area contributed by atoms with E-state index < -0.39 is 5.97 Å². The normalized spacial score (nSPS) is 10.8. The molecule has 1 aromatic carbocycles. The fourth-order valence-corrected chi connectivity index (χ4v) is 2.30. The lowest BCUT2D eigenvalue weighted by atomic mass is 10.2. The van der Waals surface area contributed by atoms with E-state index in [0.29, 0.717) is 10.8 Å².